The zero-order valence-corrected chi connectivity index (χ0v) is 12.0. The molecule has 100 valence electrons. The molecular formula is C12H23NO3S. The van der Waals surface area contributed by atoms with Gasteiger partial charge in [0.05, 0.1) is 6.61 Å². The van der Waals surface area contributed by atoms with Gasteiger partial charge in [0.2, 0.25) is 0 Å². The van der Waals surface area contributed by atoms with Crippen LogP contribution in [0.5, 0.6) is 0 Å². The zero-order chi connectivity index (χ0) is 13.1. The fourth-order valence-electron chi connectivity index (χ4n) is 1.85. The molecule has 0 aromatic carbocycles. The van der Waals surface area contributed by atoms with Gasteiger partial charge in [-0.2, -0.15) is 11.8 Å². The average Bonchev–Trinajstić information content (AvgIpc) is 2.27. The Morgan fingerprint density at radius 3 is 2.29 bits per heavy atom. The van der Waals surface area contributed by atoms with Crippen molar-refractivity contribution in [2.75, 3.05) is 26.0 Å². The van der Waals surface area contributed by atoms with Crippen molar-refractivity contribution in [3.05, 3.63) is 0 Å². The van der Waals surface area contributed by atoms with Crippen LogP contribution in [0.1, 0.15) is 33.6 Å². The van der Waals surface area contributed by atoms with Crippen molar-refractivity contribution >= 4 is 17.9 Å². The summed E-state index contributed by atoms with van der Waals surface area (Å²) in [5.74, 6) is 0. The zero-order valence-electron chi connectivity index (χ0n) is 11.2. The first-order valence-corrected chi connectivity index (χ1v) is 7.18. The maximum Gasteiger partial charge on any atom is 0.410 e. The average molecular weight is 261 g/mol. The number of aliphatic hydroxyl groups excluding tert-OH is 1. The Kier molecular flexibility index (Phi) is 4.72. The highest BCUT2D eigenvalue weighted by Crippen LogP contribution is 2.34. The molecule has 0 radical (unpaired) electrons. The van der Waals surface area contributed by atoms with Gasteiger partial charge in [0.15, 0.2) is 0 Å². The number of rotatable bonds is 2. The number of likely N-dealkylation sites (tertiary alicyclic amines) is 1. The Bertz CT molecular complexity index is 261. The molecule has 0 bridgehead atoms. The van der Waals surface area contributed by atoms with Crippen LogP contribution in [-0.2, 0) is 4.74 Å². The highest BCUT2D eigenvalue weighted by molar-refractivity contribution is 8.00. The van der Waals surface area contributed by atoms with Crippen LogP contribution in [0.15, 0.2) is 0 Å². The molecule has 1 rings (SSSR count). The maximum atomic E-state index is 11.8. The lowest BCUT2D eigenvalue weighted by molar-refractivity contribution is 0.0179. The number of nitrogens with zero attached hydrogens (tertiary/aromatic N) is 1. The number of piperidine rings is 1. The van der Waals surface area contributed by atoms with Gasteiger partial charge in [-0.1, -0.05) is 0 Å². The van der Waals surface area contributed by atoms with Crippen molar-refractivity contribution in [3.63, 3.8) is 0 Å². The summed E-state index contributed by atoms with van der Waals surface area (Å²) in [6.45, 7) is 7.11. The Labute approximate surface area is 108 Å². The summed E-state index contributed by atoms with van der Waals surface area (Å²) in [4.78, 5) is 13.6. The normalized spacial score (nSPS) is 20.2. The lowest BCUT2D eigenvalue weighted by atomic mass is 9.97. The molecule has 1 N–H and O–H groups in total. The second-order valence-corrected chi connectivity index (χ2v) is 6.79. The third-order valence-corrected chi connectivity index (χ3v) is 4.45. The molecule has 0 aromatic heterocycles. The van der Waals surface area contributed by atoms with Crippen LogP contribution in [0.2, 0.25) is 0 Å². The minimum absolute atomic E-state index is 0.0709. The third kappa shape index (κ3) is 4.07. The van der Waals surface area contributed by atoms with Gasteiger partial charge in [-0.05, 0) is 39.9 Å². The van der Waals surface area contributed by atoms with Crippen molar-refractivity contribution in [1.82, 2.24) is 4.90 Å². The molecule has 0 unspecified atom stereocenters. The minimum Gasteiger partial charge on any atom is -0.444 e. The standard InChI is InChI=1S/C12H23NO3S/c1-11(2,3)16-10(15)13-7-5-12(9-14,17-4)6-8-13/h14H,5-9H2,1-4H3. The molecule has 0 aromatic rings. The number of hydrogen-bond acceptors (Lipinski definition) is 4. The van der Waals surface area contributed by atoms with Gasteiger partial charge in [0, 0.05) is 17.8 Å². The van der Waals surface area contributed by atoms with E-state index < -0.39 is 5.60 Å². The molecule has 0 spiro atoms. The second kappa shape index (κ2) is 5.48. The van der Waals surface area contributed by atoms with Crippen molar-refractivity contribution < 1.29 is 14.6 Å². The summed E-state index contributed by atoms with van der Waals surface area (Å²) in [5, 5.41) is 9.40. The van der Waals surface area contributed by atoms with E-state index in [-0.39, 0.29) is 17.4 Å². The van der Waals surface area contributed by atoms with Gasteiger partial charge in [0.25, 0.3) is 0 Å². The monoisotopic (exact) mass is 261 g/mol. The molecule has 5 heteroatoms. The van der Waals surface area contributed by atoms with Crippen LogP contribution in [0.25, 0.3) is 0 Å². The van der Waals surface area contributed by atoms with Crippen LogP contribution in [0, 0.1) is 0 Å². The predicted octanol–water partition coefficient (Wildman–Crippen LogP) is 2.11. The van der Waals surface area contributed by atoms with E-state index >= 15 is 0 Å². The van der Waals surface area contributed by atoms with E-state index in [0.717, 1.165) is 12.8 Å². The number of amides is 1. The summed E-state index contributed by atoms with van der Waals surface area (Å²) >= 11 is 1.69. The molecule has 1 aliphatic heterocycles. The molecule has 0 saturated carbocycles. The van der Waals surface area contributed by atoms with E-state index in [1.165, 1.54) is 0 Å². The van der Waals surface area contributed by atoms with Crippen LogP contribution < -0.4 is 0 Å². The lowest BCUT2D eigenvalue weighted by Crippen LogP contribution is -2.48. The van der Waals surface area contributed by atoms with Gasteiger partial charge in [-0.15, -0.1) is 0 Å². The van der Waals surface area contributed by atoms with Gasteiger partial charge >= 0.3 is 6.09 Å². The highest BCUT2D eigenvalue weighted by Gasteiger charge is 2.35. The highest BCUT2D eigenvalue weighted by atomic mass is 32.2. The Morgan fingerprint density at radius 1 is 1.41 bits per heavy atom. The summed E-state index contributed by atoms with van der Waals surface area (Å²) < 4.78 is 5.26. The molecule has 0 atom stereocenters. The summed E-state index contributed by atoms with van der Waals surface area (Å²) in [7, 11) is 0. The van der Waals surface area contributed by atoms with Gasteiger partial charge in [-0.25, -0.2) is 4.79 Å². The number of carbonyl (C=O) groups excluding carboxylic acids is 1. The first-order valence-electron chi connectivity index (χ1n) is 5.96. The molecule has 4 nitrogen and oxygen atoms in total. The molecule has 0 aliphatic carbocycles. The topological polar surface area (TPSA) is 49.8 Å². The van der Waals surface area contributed by atoms with E-state index in [9.17, 15) is 9.90 Å². The Balaban J connectivity index is 2.49. The number of hydrogen-bond donors (Lipinski definition) is 1. The summed E-state index contributed by atoms with van der Waals surface area (Å²) in [5.41, 5.74) is -0.442. The van der Waals surface area contributed by atoms with Crippen LogP contribution >= 0.6 is 11.8 Å². The fraction of sp³-hybridized carbons (Fsp3) is 0.917. The molecule has 1 saturated heterocycles. The maximum absolute atomic E-state index is 11.8. The summed E-state index contributed by atoms with van der Waals surface area (Å²) in [6.07, 6.45) is 3.41. The minimum atomic E-state index is -0.442. The molecule has 1 amide bonds. The number of thioether (sulfide) groups is 1. The number of carbonyl (C=O) groups is 1. The van der Waals surface area contributed by atoms with Crippen molar-refractivity contribution in [1.29, 1.82) is 0 Å². The quantitative estimate of drug-likeness (QED) is 0.827. The molecule has 1 heterocycles. The first kappa shape index (κ1) is 14.6. The molecule has 1 fully saturated rings. The first-order chi connectivity index (χ1) is 7.82. The van der Waals surface area contributed by atoms with E-state index in [0.29, 0.717) is 13.1 Å². The lowest BCUT2D eigenvalue weighted by Gasteiger charge is -2.39. The molecular weight excluding hydrogens is 238 g/mol. The van der Waals surface area contributed by atoms with Crippen LogP contribution in [0.3, 0.4) is 0 Å². The van der Waals surface area contributed by atoms with E-state index in [1.54, 1.807) is 16.7 Å². The molecule has 1 aliphatic rings. The van der Waals surface area contributed by atoms with E-state index in [4.69, 9.17) is 4.74 Å². The van der Waals surface area contributed by atoms with E-state index in [1.807, 2.05) is 27.0 Å². The van der Waals surface area contributed by atoms with Gasteiger partial charge < -0.3 is 14.7 Å². The van der Waals surface area contributed by atoms with E-state index in [2.05, 4.69) is 0 Å². The number of aliphatic hydroxyl groups is 1. The van der Waals surface area contributed by atoms with Gasteiger partial charge in [0.1, 0.15) is 5.60 Å². The largest absolute Gasteiger partial charge is 0.444 e. The van der Waals surface area contributed by atoms with Crippen molar-refractivity contribution in [2.45, 2.75) is 44.0 Å². The van der Waals surface area contributed by atoms with Gasteiger partial charge in [-0.3, -0.25) is 0 Å². The second-order valence-electron chi connectivity index (χ2n) is 5.51. The number of ether oxygens (including phenoxy) is 1. The van der Waals surface area contributed by atoms with Crippen molar-refractivity contribution in [3.8, 4) is 0 Å². The SMILES string of the molecule is CSC1(CO)CCN(C(=O)OC(C)(C)C)CC1. The fourth-order valence-corrected chi connectivity index (χ4v) is 2.57. The molecule has 17 heavy (non-hydrogen) atoms. The van der Waals surface area contributed by atoms with Crippen LogP contribution in [-0.4, -0.2) is 52.4 Å². The third-order valence-electron chi connectivity index (χ3n) is 3.05. The summed E-state index contributed by atoms with van der Waals surface area (Å²) in [6, 6.07) is 0. The Hall–Kier alpha value is -0.420. The van der Waals surface area contributed by atoms with Crippen molar-refractivity contribution in [2.24, 2.45) is 0 Å². The Morgan fingerprint density at radius 2 is 1.94 bits per heavy atom. The van der Waals surface area contributed by atoms with Crippen LogP contribution in [0.4, 0.5) is 4.79 Å². The smallest absolute Gasteiger partial charge is 0.410 e. The predicted molar refractivity (Wildman–Crippen MR) is 70.4 cm³/mol.